The van der Waals surface area contributed by atoms with Gasteiger partial charge in [-0.1, -0.05) is 20.8 Å². The Bertz CT molecular complexity index is 583. The Morgan fingerprint density at radius 3 is 2.79 bits per heavy atom. The normalized spacial score (nSPS) is 21.2. The van der Waals surface area contributed by atoms with Crippen molar-refractivity contribution in [1.82, 2.24) is 14.9 Å². The molecule has 0 spiro atoms. The molecule has 1 unspecified atom stereocenters. The predicted octanol–water partition coefficient (Wildman–Crippen LogP) is 3.83. The maximum Gasteiger partial charge on any atom is 0.259 e. The Labute approximate surface area is 145 Å². The number of aromatic nitrogens is 2. The zero-order chi connectivity index (χ0) is 17.1. The van der Waals surface area contributed by atoms with Crippen LogP contribution in [0.1, 0.15) is 81.4 Å². The van der Waals surface area contributed by atoms with Gasteiger partial charge in [0.25, 0.3) is 5.91 Å². The highest BCUT2D eigenvalue weighted by molar-refractivity contribution is 5.98. The van der Waals surface area contributed by atoms with E-state index in [1.165, 1.54) is 19.3 Å². The number of likely N-dealkylation sites (tertiary alicyclic amines) is 1. The number of hydrogen-bond donors (Lipinski definition) is 1. The maximum atomic E-state index is 13.1. The number of amides is 1. The molecule has 1 aliphatic carbocycles. The molecule has 1 amide bonds. The van der Waals surface area contributed by atoms with Crippen molar-refractivity contribution in [2.45, 2.75) is 71.3 Å². The van der Waals surface area contributed by atoms with Crippen LogP contribution in [0.4, 0.5) is 5.82 Å². The lowest BCUT2D eigenvalue weighted by atomic mass is 9.99. The number of nitrogens with one attached hydrogen (secondary N) is 1. The average Bonchev–Trinajstić information content (AvgIpc) is 3.43. The Morgan fingerprint density at radius 2 is 2.12 bits per heavy atom. The Kier molecular flexibility index (Phi) is 5.36. The van der Waals surface area contributed by atoms with Crippen LogP contribution in [0.15, 0.2) is 6.20 Å². The Hall–Kier alpha value is -1.65. The van der Waals surface area contributed by atoms with Gasteiger partial charge in [0, 0.05) is 31.2 Å². The first-order valence-electron chi connectivity index (χ1n) is 9.52. The van der Waals surface area contributed by atoms with Crippen LogP contribution in [-0.2, 0) is 0 Å². The van der Waals surface area contributed by atoms with Crippen LogP contribution in [0.5, 0.6) is 0 Å². The highest BCUT2D eigenvalue weighted by Gasteiger charge is 2.29. The first kappa shape index (κ1) is 17.2. The van der Waals surface area contributed by atoms with Crippen molar-refractivity contribution in [3.63, 3.8) is 0 Å². The number of piperidine rings is 1. The quantitative estimate of drug-likeness (QED) is 0.861. The van der Waals surface area contributed by atoms with Crippen LogP contribution >= 0.6 is 0 Å². The fraction of sp³-hybridized carbons (Fsp3) is 0.737. The fourth-order valence-electron chi connectivity index (χ4n) is 3.38. The van der Waals surface area contributed by atoms with Crippen molar-refractivity contribution < 1.29 is 4.79 Å². The van der Waals surface area contributed by atoms with E-state index in [-0.39, 0.29) is 11.8 Å². The van der Waals surface area contributed by atoms with Gasteiger partial charge in [-0.25, -0.2) is 9.97 Å². The van der Waals surface area contributed by atoms with E-state index in [9.17, 15) is 4.79 Å². The van der Waals surface area contributed by atoms with Crippen LogP contribution < -0.4 is 5.32 Å². The second-order valence-electron chi connectivity index (χ2n) is 7.53. The molecule has 2 heterocycles. The summed E-state index contributed by atoms with van der Waals surface area (Å²) in [6.07, 6.45) is 8.74. The van der Waals surface area contributed by atoms with Gasteiger partial charge in [0.1, 0.15) is 17.2 Å². The molecule has 0 aromatic carbocycles. The van der Waals surface area contributed by atoms with Crippen LogP contribution in [0, 0.1) is 5.92 Å². The number of anilines is 1. The molecule has 3 rings (SSSR count). The van der Waals surface area contributed by atoms with Crippen molar-refractivity contribution in [1.29, 1.82) is 0 Å². The molecular formula is C19H30N4O. The Morgan fingerprint density at radius 1 is 1.33 bits per heavy atom. The molecule has 24 heavy (non-hydrogen) atoms. The lowest BCUT2D eigenvalue weighted by Gasteiger charge is -2.35. The molecule has 1 aromatic rings. The molecule has 1 saturated carbocycles. The summed E-state index contributed by atoms with van der Waals surface area (Å²) in [5.41, 5.74) is 0.639. The summed E-state index contributed by atoms with van der Waals surface area (Å²) >= 11 is 0. The third kappa shape index (κ3) is 3.87. The minimum Gasteiger partial charge on any atom is -0.369 e. The number of carbonyl (C=O) groups excluding carboxylic acids is 1. The van der Waals surface area contributed by atoms with Crippen molar-refractivity contribution in [2.75, 3.05) is 18.4 Å². The van der Waals surface area contributed by atoms with Gasteiger partial charge in [0.2, 0.25) is 0 Å². The number of carbonyl (C=O) groups is 1. The van der Waals surface area contributed by atoms with Gasteiger partial charge >= 0.3 is 0 Å². The largest absolute Gasteiger partial charge is 0.369 e. The van der Waals surface area contributed by atoms with Gasteiger partial charge in [-0.05, 0) is 44.4 Å². The smallest absolute Gasteiger partial charge is 0.259 e. The monoisotopic (exact) mass is 330 g/mol. The average molecular weight is 330 g/mol. The highest BCUT2D eigenvalue weighted by atomic mass is 16.2. The molecule has 1 saturated heterocycles. The topological polar surface area (TPSA) is 58.1 Å². The van der Waals surface area contributed by atoms with E-state index in [2.05, 4.69) is 36.1 Å². The minimum absolute atomic E-state index is 0.0927. The van der Waals surface area contributed by atoms with E-state index in [1.54, 1.807) is 6.20 Å². The molecule has 2 aliphatic rings. The zero-order valence-corrected chi connectivity index (χ0v) is 15.2. The van der Waals surface area contributed by atoms with Crippen LogP contribution in [-0.4, -0.2) is 39.9 Å². The molecule has 1 aliphatic heterocycles. The lowest BCUT2D eigenvalue weighted by molar-refractivity contribution is 0.0608. The molecule has 1 aromatic heterocycles. The first-order chi connectivity index (χ1) is 11.6. The van der Waals surface area contributed by atoms with Gasteiger partial charge < -0.3 is 10.2 Å². The van der Waals surface area contributed by atoms with Gasteiger partial charge in [0.05, 0.1) is 0 Å². The Balaban J connectivity index is 1.84. The maximum absolute atomic E-state index is 13.1. The van der Waals surface area contributed by atoms with E-state index in [4.69, 9.17) is 0 Å². The molecule has 1 N–H and O–H groups in total. The second kappa shape index (κ2) is 7.49. The third-order valence-electron chi connectivity index (χ3n) is 5.17. The molecule has 0 radical (unpaired) electrons. The molecule has 0 bridgehead atoms. The summed E-state index contributed by atoms with van der Waals surface area (Å²) in [7, 11) is 0. The molecule has 5 nitrogen and oxygen atoms in total. The number of nitrogens with zero attached hydrogens (tertiary/aromatic N) is 3. The zero-order valence-electron chi connectivity index (χ0n) is 15.2. The standard InChI is InChI=1S/C19H30N4O/c1-4-15-7-5-6-10-23(15)19(24)16-12-21-17(13(2)3)22-18(16)20-11-14-8-9-14/h12-15H,4-11H2,1-3H3,(H,20,21,22). The number of hydrogen-bond acceptors (Lipinski definition) is 4. The van der Waals surface area contributed by atoms with Crippen molar-refractivity contribution in [3.8, 4) is 0 Å². The van der Waals surface area contributed by atoms with Crippen molar-refractivity contribution in [3.05, 3.63) is 17.6 Å². The van der Waals surface area contributed by atoms with Gasteiger partial charge in [-0.15, -0.1) is 0 Å². The van der Waals surface area contributed by atoms with E-state index in [0.29, 0.717) is 11.6 Å². The van der Waals surface area contributed by atoms with E-state index < -0.39 is 0 Å². The van der Waals surface area contributed by atoms with Crippen molar-refractivity contribution >= 4 is 11.7 Å². The van der Waals surface area contributed by atoms with E-state index in [1.807, 2.05) is 4.90 Å². The summed E-state index contributed by atoms with van der Waals surface area (Å²) in [4.78, 5) is 24.3. The second-order valence-corrected chi connectivity index (χ2v) is 7.53. The number of rotatable bonds is 6. The first-order valence-corrected chi connectivity index (χ1v) is 9.52. The van der Waals surface area contributed by atoms with Crippen LogP contribution in [0.25, 0.3) is 0 Å². The summed E-state index contributed by atoms with van der Waals surface area (Å²) in [5.74, 6) is 2.62. The minimum atomic E-state index is 0.0927. The summed E-state index contributed by atoms with van der Waals surface area (Å²) in [6.45, 7) is 8.09. The molecule has 2 fully saturated rings. The highest BCUT2D eigenvalue weighted by Crippen LogP contribution is 2.30. The van der Waals surface area contributed by atoms with Crippen LogP contribution in [0.2, 0.25) is 0 Å². The van der Waals surface area contributed by atoms with Gasteiger partial charge in [0.15, 0.2) is 0 Å². The van der Waals surface area contributed by atoms with Gasteiger partial charge in [-0.2, -0.15) is 0 Å². The molecule has 5 heteroatoms. The fourth-order valence-corrected chi connectivity index (χ4v) is 3.38. The molecular weight excluding hydrogens is 300 g/mol. The SMILES string of the molecule is CCC1CCCCN1C(=O)c1cnc(C(C)C)nc1NCC1CC1. The summed E-state index contributed by atoms with van der Waals surface area (Å²) < 4.78 is 0. The van der Waals surface area contributed by atoms with E-state index in [0.717, 1.165) is 49.9 Å². The summed E-state index contributed by atoms with van der Waals surface area (Å²) in [6, 6.07) is 0.354. The lowest BCUT2D eigenvalue weighted by Crippen LogP contribution is -2.43. The molecule has 1 atom stereocenters. The predicted molar refractivity (Wildman–Crippen MR) is 96.3 cm³/mol. The summed E-state index contributed by atoms with van der Waals surface area (Å²) in [5, 5.41) is 3.42. The molecule has 132 valence electrons. The van der Waals surface area contributed by atoms with E-state index >= 15 is 0 Å². The van der Waals surface area contributed by atoms with Crippen LogP contribution in [0.3, 0.4) is 0 Å². The third-order valence-corrected chi connectivity index (χ3v) is 5.17. The van der Waals surface area contributed by atoms with Gasteiger partial charge in [-0.3, -0.25) is 4.79 Å². The van der Waals surface area contributed by atoms with Crippen molar-refractivity contribution in [2.24, 2.45) is 5.92 Å².